The Morgan fingerprint density at radius 3 is 2.68 bits per heavy atom. The molecular weight excluding hydrogens is 381 g/mol. The van der Waals surface area contributed by atoms with Crippen molar-refractivity contribution in [3.63, 3.8) is 0 Å². The fraction of sp³-hybridized carbons (Fsp3) is 0.450. The number of thioether (sulfide) groups is 1. The zero-order valence-electron chi connectivity index (χ0n) is 16.3. The van der Waals surface area contributed by atoms with Gasteiger partial charge in [-0.15, -0.1) is 0 Å². The maximum atomic E-state index is 14.0. The topological polar surface area (TPSA) is 64.4 Å². The number of rotatable bonds is 5. The number of amides is 1. The lowest BCUT2D eigenvalue weighted by molar-refractivity contribution is -0.134. The standard InChI is InChI=1S/C20H24FN3O3S/c1-13-16(12-15-6-4-5-7-17(15)21)19(26)23(3)20(22-13)28-14(2)18(25)24-8-10-27-11-9-24/h4-7,14H,8-12H2,1-3H3. The lowest BCUT2D eigenvalue weighted by Crippen LogP contribution is -2.44. The van der Waals surface area contributed by atoms with Crippen LogP contribution in [0.25, 0.3) is 0 Å². The van der Waals surface area contributed by atoms with Gasteiger partial charge in [-0.2, -0.15) is 0 Å². The summed E-state index contributed by atoms with van der Waals surface area (Å²) in [5, 5.41) is 0.113. The maximum Gasteiger partial charge on any atom is 0.257 e. The van der Waals surface area contributed by atoms with Crippen LogP contribution < -0.4 is 5.56 Å². The summed E-state index contributed by atoms with van der Waals surface area (Å²) < 4.78 is 20.7. The molecule has 0 bridgehead atoms. The van der Waals surface area contributed by atoms with Crippen LogP contribution in [-0.4, -0.2) is 51.9 Å². The molecule has 0 saturated carbocycles. The molecule has 1 aliphatic heterocycles. The van der Waals surface area contributed by atoms with E-state index in [2.05, 4.69) is 4.98 Å². The molecule has 2 aromatic rings. The zero-order valence-corrected chi connectivity index (χ0v) is 17.1. The summed E-state index contributed by atoms with van der Waals surface area (Å²) in [5.74, 6) is -0.331. The molecule has 1 aliphatic rings. The van der Waals surface area contributed by atoms with Gasteiger partial charge < -0.3 is 9.64 Å². The van der Waals surface area contributed by atoms with Gasteiger partial charge in [-0.05, 0) is 25.5 Å². The largest absolute Gasteiger partial charge is 0.378 e. The van der Waals surface area contributed by atoms with Gasteiger partial charge in [0.05, 0.1) is 18.5 Å². The second-order valence-electron chi connectivity index (χ2n) is 6.79. The van der Waals surface area contributed by atoms with Gasteiger partial charge in [0.2, 0.25) is 5.91 Å². The molecule has 2 heterocycles. The third-order valence-corrected chi connectivity index (χ3v) is 5.96. The first kappa shape index (κ1) is 20.5. The summed E-state index contributed by atoms with van der Waals surface area (Å²) in [6.07, 6.45) is 0.186. The van der Waals surface area contributed by atoms with Crippen molar-refractivity contribution in [1.29, 1.82) is 0 Å². The van der Waals surface area contributed by atoms with E-state index in [0.717, 1.165) is 0 Å². The SMILES string of the molecule is Cc1nc(SC(C)C(=O)N2CCOCC2)n(C)c(=O)c1Cc1ccccc1F. The molecular formula is C20H24FN3O3S. The van der Waals surface area contributed by atoms with Gasteiger partial charge >= 0.3 is 0 Å². The maximum absolute atomic E-state index is 14.0. The van der Waals surface area contributed by atoms with E-state index in [4.69, 9.17) is 4.74 Å². The molecule has 1 atom stereocenters. The van der Waals surface area contributed by atoms with E-state index >= 15 is 0 Å². The van der Waals surface area contributed by atoms with Crippen LogP contribution >= 0.6 is 11.8 Å². The average molecular weight is 405 g/mol. The molecule has 28 heavy (non-hydrogen) atoms. The predicted octanol–water partition coefficient (Wildman–Crippen LogP) is 2.16. The Labute approximate surface area is 167 Å². The van der Waals surface area contributed by atoms with Gasteiger partial charge in [-0.1, -0.05) is 30.0 Å². The van der Waals surface area contributed by atoms with Crippen LogP contribution in [0, 0.1) is 12.7 Å². The average Bonchev–Trinajstić information content (AvgIpc) is 2.70. The summed E-state index contributed by atoms with van der Waals surface area (Å²) in [5.41, 5.74) is 1.26. The highest BCUT2D eigenvalue weighted by Gasteiger charge is 2.25. The number of benzene rings is 1. The van der Waals surface area contributed by atoms with E-state index in [-0.39, 0.29) is 29.0 Å². The van der Waals surface area contributed by atoms with E-state index in [0.29, 0.717) is 48.3 Å². The molecule has 0 spiro atoms. The van der Waals surface area contributed by atoms with Crippen LogP contribution in [0.4, 0.5) is 4.39 Å². The highest BCUT2D eigenvalue weighted by atomic mass is 32.2. The Morgan fingerprint density at radius 2 is 2.00 bits per heavy atom. The fourth-order valence-corrected chi connectivity index (χ4v) is 4.12. The minimum atomic E-state index is -0.368. The van der Waals surface area contributed by atoms with Gasteiger partial charge in [0.25, 0.3) is 5.56 Å². The predicted molar refractivity (Wildman–Crippen MR) is 106 cm³/mol. The zero-order chi connectivity index (χ0) is 20.3. The van der Waals surface area contributed by atoms with Crippen LogP contribution in [0.1, 0.15) is 23.7 Å². The highest BCUT2D eigenvalue weighted by molar-refractivity contribution is 8.00. The van der Waals surface area contributed by atoms with Crippen molar-refractivity contribution in [2.45, 2.75) is 30.7 Å². The molecule has 0 radical (unpaired) electrons. The van der Waals surface area contributed by atoms with Crippen LogP contribution in [0.15, 0.2) is 34.2 Å². The first-order valence-electron chi connectivity index (χ1n) is 9.21. The smallest absolute Gasteiger partial charge is 0.257 e. The van der Waals surface area contributed by atoms with Gasteiger partial charge in [-0.25, -0.2) is 9.37 Å². The normalized spacial score (nSPS) is 15.5. The molecule has 1 fully saturated rings. The quantitative estimate of drug-likeness (QED) is 0.563. The molecule has 1 aromatic carbocycles. The van der Waals surface area contributed by atoms with Crippen molar-refractivity contribution in [1.82, 2.24) is 14.5 Å². The van der Waals surface area contributed by atoms with Crippen molar-refractivity contribution in [2.75, 3.05) is 26.3 Å². The molecule has 3 rings (SSSR count). The fourth-order valence-electron chi connectivity index (χ4n) is 3.12. The second kappa shape index (κ2) is 8.87. The highest BCUT2D eigenvalue weighted by Crippen LogP contribution is 2.23. The summed E-state index contributed by atoms with van der Waals surface area (Å²) in [7, 11) is 1.63. The Bertz CT molecular complexity index is 925. The first-order chi connectivity index (χ1) is 13.4. The molecule has 8 heteroatoms. The molecule has 0 N–H and O–H groups in total. The van der Waals surface area contributed by atoms with E-state index < -0.39 is 0 Å². The molecule has 1 saturated heterocycles. The Morgan fingerprint density at radius 1 is 1.32 bits per heavy atom. The number of hydrogen-bond donors (Lipinski definition) is 0. The minimum Gasteiger partial charge on any atom is -0.378 e. The van der Waals surface area contributed by atoms with Gasteiger partial charge in [0.15, 0.2) is 5.16 Å². The van der Waals surface area contributed by atoms with Crippen molar-refractivity contribution < 1.29 is 13.9 Å². The number of hydrogen-bond acceptors (Lipinski definition) is 5. The second-order valence-corrected chi connectivity index (χ2v) is 8.10. The number of ether oxygens (including phenoxy) is 1. The molecule has 150 valence electrons. The number of nitrogens with zero attached hydrogens (tertiary/aromatic N) is 3. The number of halogens is 1. The number of aryl methyl sites for hydroxylation is 1. The summed E-state index contributed by atoms with van der Waals surface area (Å²) in [6.45, 7) is 5.81. The lowest BCUT2D eigenvalue weighted by Gasteiger charge is -2.29. The summed E-state index contributed by atoms with van der Waals surface area (Å²) >= 11 is 1.26. The van der Waals surface area contributed by atoms with Gasteiger partial charge in [0, 0.05) is 37.8 Å². The van der Waals surface area contributed by atoms with E-state index in [1.807, 2.05) is 6.92 Å². The monoisotopic (exact) mass is 405 g/mol. The van der Waals surface area contributed by atoms with E-state index in [1.54, 1.807) is 37.1 Å². The Kier molecular flexibility index (Phi) is 6.51. The first-order valence-corrected chi connectivity index (χ1v) is 10.1. The minimum absolute atomic E-state index is 0.00985. The Balaban J connectivity index is 1.80. The van der Waals surface area contributed by atoms with Crippen molar-refractivity contribution in [3.8, 4) is 0 Å². The van der Waals surface area contributed by atoms with Crippen LogP contribution in [0.2, 0.25) is 0 Å². The lowest BCUT2D eigenvalue weighted by atomic mass is 10.0. The third-order valence-electron chi connectivity index (χ3n) is 4.83. The van der Waals surface area contributed by atoms with Crippen LogP contribution in [0.3, 0.4) is 0 Å². The Hall–Kier alpha value is -2.19. The number of aromatic nitrogens is 2. The molecule has 1 aromatic heterocycles. The third kappa shape index (κ3) is 4.44. The van der Waals surface area contributed by atoms with Crippen molar-refractivity contribution >= 4 is 17.7 Å². The van der Waals surface area contributed by atoms with Crippen molar-refractivity contribution in [3.05, 3.63) is 57.3 Å². The van der Waals surface area contributed by atoms with Crippen molar-refractivity contribution in [2.24, 2.45) is 7.05 Å². The number of carbonyl (C=O) groups is 1. The van der Waals surface area contributed by atoms with E-state index in [9.17, 15) is 14.0 Å². The number of carbonyl (C=O) groups excluding carboxylic acids is 1. The molecule has 0 aliphatic carbocycles. The molecule has 1 unspecified atom stereocenters. The summed E-state index contributed by atoms with van der Waals surface area (Å²) in [6, 6.07) is 6.41. The number of morpholine rings is 1. The van der Waals surface area contributed by atoms with Crippen LogP contribution in [0.5, 0.6) is 0 Å². The summed E-state index contributed by atoms with van der Waals surface area (Å²) in [4.78, 5) is 31.8. The van der Waals surface area contributed by atoms with Gasteiger partial charge in [0.1, 0.15) is 5.82 Å². The van der Waals surface area contributed by atoms with Crippen LogP contribution in [-0.2, 0) is 23.0 Å². The van der Waals surface area contributed by atoms with Gasteiger partial charge in [-0.3, -0.25) is 14.2 Å². The molecule has 1 amide bonds. The van der Waals surface area contributed by atoms with E-state index in [1.165, 1.54) is 22.4 Å². The molecule has 6 nitrogen and oxygen atoms in total.